The molecule has 1 aliphatic carbocycles. The summed E-state index contributed by atoms with van der Waals surface area (Å²) >= 11 is 7.12. The Morgan fingerprint density at radius 3 is 2.47 bits per heavy atom. The third kappa shape index (κ3) is 2.82. The Morgan fingerprint density at radius 2 is 1.79 bits per heavy atom. The molecule has 0 N–H and O–H groups in total. The van der Waals surface area contributed by atoms with Crippen molar-refractivity contribution < 1.29 is 4.74 Å². The van der Waals surface area contributed by atoms with Crippen LogP contribution >= 0.6 is 31.9 Å². The smallest absolute Gasteiger partial charge is 0.119 e. The monoisotopic (exact) mass is 382 g/mol. The summed E-state index contributed by atoms with van der Waals surface area (Å²) < 4.78 is 7.11. The Bertz CT molecular complexity index is 585. The standard InChI is InChI=1S/C16H16Br2O/c17-10-16(6-1-7-16)11-19-15-5-3-12-8-14(18)4-2-13(12)9-15/h2-5,8-9H,1,6-7,10-11H2. The number of ether oxygens (including phenoxy) is 1. The van der Waals surface area contributed by atoms with Gasteiger partial charge in [0.25, 0.3) is 0 Å². The summed E-state index contributed by atoms with van der Waals surface area (Å²) in [6.07, 6.45) is 3.89. The molecule has 0 atom stereocenters. The van der Waals surface area contributed by atoms with E-state index in [4.69, 9.17) is 4.74 Å². The minimum atomic E-state index is 0.370. The molecule has 0 unspecified atom stereocenters. The third-order valence-electron chi connectivity index (χ3n) is 4.02. The van der Waals surface area contributed by atoms with Crippen LogP contribution in [0.5, 0.6) is 5.75 Å². The molecule has 1 aliphatic rings. The van der Waals surface area contributed by atoms with Gasteiger partial charge in [-0.2, -0.15) is 0 Å². The van der Waals surface area contributed by atoms with Crippen molar-refractivity contribution in [2.45, 2.75) is 19.3 Å². The van der Waals surface area contributed by atoms with Crippen LogP contribution in [0.4, 0.5) is 0 Å². The lowest BCUT2D eigenvalue weighted by Gasteiger charge is -2.39. The Kier molecular flexibility index (Phi) is 3.86. The quantitative estimate of drug-likeness (QED) is 0.629. The average molecular weight is 384 g/mol. The van der Waals surface area contributed by atoms with E-state index in [1.54, 1.807) is 0 Å². The SMILES string of the molecule is BrCC1(COc2ccc3cc(Br)ccc3c2)CCC1. The Balaban J connectivity index is 1.76. The van der Waals surface area contributed by atoms with Crippen molar-refractivity contribution in [3.05, 3.63) is 40.9 Å². The highest BCUT2D eigenvalue weighted by Crippen LogP contribution is 2.42. The molecule has 1 fully saturated rings. The normalized spacial score (nSPS) is 17.2. The van der Waals surface area contributed by atoms with Gasteiger partial charge in [-0.15, -0.1) is 0 Å². The van der Waals surface area contributed by atoms with Crippen LogP contribution < -0.4 is 4.74 Å². The van der Waals surface area contributed by atoms with Gasteiger partial charge in [0.2, 0.25) is 0 Å². The van der Waals surface area contributed by atoms with Crippen LogP contribution in [0.15, 0.2) is 40.9 Å². The Morgan fingerprint density at radius 1 is 1.05 bits per heavy atom. The van der Waals surface area contributed by atoms with Gasteiger partial charge >= 0.3 is 0 Å². The molecule has 0 heterocycles. The predicted molar refractivity (Wildman–Crippen MR) is 87.2 cm³/mol. The number of hydrogen-bond acceptors (Lipinski definition) is 1. The molecule has 0 aliphatic heterocycles. The molecule has 0 aromatic heterocycles. The van der Waals surface area contributed by atoms with Gasteiger partial charge in [-0.3, -0.25) is 0 Å². The molecule has 1 nitrogen and oxygen atoms in total. The fourth-order valence-corrected chi connectivity index (χ4v) is 3.62. The summed E-state index contributed by atoms with van der Waals surface area (Å²) in [6, 6.07) is 12.6. The molecule has 2 aromatic carbocycles. The fourth-order valence-electron chi connectivity index (χ4n) is 2.51. The maximum Gasteiger partial charge on any atom is 0.119 e. The zero-order valence-corrected chi connectivity index (χ0v) is 13.8. The molecule has 0 bridgehead atoms. The predicted octanol–water partition coefficient (Wildman–Crippen LogP) is 5.55. The first-order valence-electron chi connectivity index (χ1n) is 6.59. The highest BCUT2D eigenvalue weighted by Gasteiger charge is 2.36. The van der Waals surface area contributed by atoms with Crippen molar-refractivity contribution in [2.24, 2.45) is 5.41 Å². The number of benzene rings is 2. The topological polar surface area (TPSA) is 9.23 Å². The van der Waals surface area contributed by atoms with Gasteiger partial charge in [-0.25, -0.2) is 0 Å². The van der Waals surface area contributed by atoms with E-state index in [0.29, 0.717) is 5.41 Å². The molecule has 0 amide bonds. The van der Waals surface area contributed by atoms with Gasteiger partial charge in [-0.05, 0) is 47.9 Å². The summed E-state index contributed by atoms with van der Waals surface area (Å²) in [5.41, 5.74) is 0.370. The van der Waals surface area contributed by atoms with Crippen LogP contribution in [0.3, 0.4) is 0 Å². The van der Waals surface area contributed by atoms with Crippen molar-refractivity contribution in [3.63, 3.8) is 0 Å². The first kappa shape index (κ1) is 13.4. The third-order valence-corrected chi connectivity index (χ3v) is 5.70. The first-order chi connectivity index (χ1) is 9.21. The molecule has 0 saturated heterocycles. The summed E-state index contributed by atoms with van der Waals surface area (Å²) in [7, 11) is 0. The Labute approximate surface area is 130 Å². The van der Waals surface area contributed by atoms with Crippen LogP contribution in [0.1, 0.15) is 19.3 Å². The highest BCUT2D eigenvalue weighted by atomic mass is 79.9. The second kappa shape index (κ2) is 5.45. The van der Waals surface area contributed by atoms with E-state index in [1.807, 2.05) is 0 Å². The van der Waals surface area contributed by atoms with Gasteiger partial charge in [0, 0.05) is 15.2 Å². The fraction of sp³-hybridized carbons (Fsp3) is 0.375. The summed E-state index contributed by atoms with van der Waals surface area (Å²) in [5, 5.41) is 3.50. The number of hydrogen-bond donors (Lipinski definition) is 0. The molecule has 3 rings (SSSR count). The molecule has 0 spiro atoms. The molecule has 19 heavy (non-hydrogen) atoms. The van der Waals surface area contributed by atoms with E-state index in [1.165, 1.54) is 30.0 Å². The minimum absolute atomic E-state index is 0.370. The molecular weight excluding hydrogens is 368 g/mol. The number of alkyl halides is 1. The van der Waals surface area contributed by atoms with Crippen LogP contribution in [0, 0.1) is 5.41 Å². The lowest BCUT2D eigenvalue weighted by Crippen LogP contribution is -2.37. The second-order valence-electron chi connectivity index (χ2n) is 5.43. The molecular formula is C16H16Br2O. The van der Waals surface area contributed by atoms with Crippen molar-refractivity contribution >= 4 is 42.6 Å². The molecule has 100 valence electrons. The van der Waals surface area contributed by atoms with E-state index in [0.717, 1.165) is 22.2 Å². The zero-order valence-electron chi connectivity index (χ0n) is 10.7. The second-order valence-corrected chi connectivity index (χ2v) is 6.91. The molecule has 1 saturated carbocycles. The van der Waals surface area contributed by atoms with Crippen molar-refractivity contribution in [1.29, 1.82) is 0 Å². The van der Waals surface area contributed by atoms with Gasteiger partial charge < -0.3 is 4.74 Å². The van der Waals surface area contributed by atoms with Gasteiger partial charge in [0.05, 0.1) is 6.61 Å². The Hall–Kier alpha value is -0.540. The van der Waals surface area contributed by atoms with Gasteiger partial charge in [0.15, 0.2) is 0 Å². The number of halogens is 2. The maximum absolute atomic E-state index is 6.00. The van der Waals surface area contributed by atoms with E-state index in [9.17, 15) is 0 Å². The minimum Gasteiger partial charge on any atom is -0.493 e. The van der Waals surface area contributed by atoms with Crippen molar-refractivity contribution in [3.8, 4) is 5.75 Å². The van der Waals surface area contributed by atoms with Crippen LogP contribution in [0.25, 0.3) is 10.8 Å². The summed E-state index contributed by atoms with van der Waals surface area (Å²) in [4.78, 5) is 0. The van der Waals surface area contributed by atoms with Gasteiger partial charge in [-0.1, -0.05) is 50.4 Å². The average Bonchev–Trinajstić information content (AvgIpc) is 2.38. The van der Waals surface area contributed by atoms with Gasteiger partial charge in [0.1, 0.15) is 5.75 Å². The molecule has 2 aromatic rings. The zero-order chi connectivity index (χ0) is 13.3. The molecule has 3 heteroatoms. The first-order valence-corrected chi connectivity index (χ1v) is 8.50. The van der Waals surface area contributed by atoms with Crippen molar-refractivity contribution in [2.75, 3.05) is 11.9 Å². The lowest BCUT2D eigenvalue weighted by atomic mass is 9.71. The number of fused-ring (bicyclic) bond motifs is 1. The van der Waals surface area contributed by atoms with Crippen LogP contribution in [0.2, 0.25) is 0 Å². The largest absolute Gasteiger partial charge is 0.493 e. The van der Waals surface area contributed by atoms with Crippen LogP contribution in [-0.2, 0) is 0 Å². The van der Waals surface area contributed by atoms with E-state index >= 15 is 0 Å². The van der Waals surface area contributed by atoms with E-state index in [-0.39, 0.29) is 0 Å². The van der Waals surface area contributed by atoms with E-state index in [2.05, 4.69) is 68.3 Å². The highest BCUT2D eigenvalue weighted by molar-refractivity contribution is 9.10. The number of rotatable bonds is 4. The molecule has 0 radical (unpaired) electrons. The lowest BCUT2D eigenvalue weighted by molar-refractivity contribution is 0.0839. The maximum atomic E-state index is 6.00. The van der Waals surface area contributed by atoms with E-state index < -0.39 is 0 Å². The summed E-state index contributed by atoms with van der Waals surface area (Å²) in [5.74, 6) is 0.974. The van der Waals surface area contributed by atoms with Crippen molar-refractivity contribution in [1.82, 2.24) is 0 Å². The van der Waals surface area contributed by atoms with Crippen LogP contribution in [-0.4, -0.2) is 11.9 Å². The summed E-state index contributed by atoms with van der Waals surface area (Å²) in [6.45, 7) is 0.820.